The highest BCUT2D eigenvalue weighted by Gasteiger charge is 2.28. The predicted molar refractivity (Wildman–Crippen MR) is 99.0 cm³/mol. The summed E-state index contributed by atoms with van der Waals surface area (Å²) in [6.07, 6.45) is 3.91. The molecular weight excluding hydrogens is 331 g/mol. The third-order valence-electron chi connectivity index (χ3n) is 5.31. The van der Waals surface area contributed by atoms with Crippen molar-refractivity contribution in [2.45, 2.75) is 25.2 Å². The number of nitrogens with two attached hydrogens (primary N) is 1. The highest BCUT2D eigenvalue weighted by atomic mass is 19.1. The van der Waals surface area contributed by atoms with E-state index < -0.39 is 11.7 Å². The number of primary amides is 1. The number of amides is 1. The van der Waals surface area contributed by atoms with Gasteiger partial charge in [-0.3, -0.25) is 4.79 Å². The van der Waals surface area contributed by atoms with Gasteiger partial charge >= 0.3 is 0 Å². The number of carbonyl (C=O) groups excluding carboxylic acids is 1. The summed E-state index contributed by atoms with van der Waals surface area (Å²) in [6.45, 7) is 4.30. The molecule has 0 unspecified atom stereocenters. The van der Waals surface area contributed by atoms with Crippen LogP contribution >= 0.6 is 0 Å². The Morgan fingerprint density at radius 3 is 2.69 bits per heavy atom. The Morgan fingerprint density at radius 2 is 2.04 bits per heavy atom. The quantitative estimate of drug-likeness (QED) is 0.761. The molecule has 1 saturated heterocycles. The molecule has 134 valence electrons. The number of benzene rings is 2. The Hall–Kier alpha value is -2.73. The number of hydrogen-bond donors (Lipinski definition) is 2. The number of hydrogen-bond acceptors (Lipinski definition) is 3. The topological polar surface area (TPSA) is 72.9 Å². The maximum atomic E-state index is 14.1. The van der Waals surface area contributed by atoms with E-state index in [2.05, 4.69) is 29.5 Å². The minimum Gasteiger partial charge on any atom is -0.366 e. The zero-order valence-electron chi connectivity index (χ0n) is 14.6. The summed E-state index contributed by atoms with van der Waals surface area (Å²) < 4.78 is 15.7. The van der Waals surface area contributed by atoms with Gasteiger partial charge in [-0.2, -0.15) is 5.10 Å². The second-order valence-electron chi connectivity index (χ2n) is 7.18. The van der Waals surface area contributed by atoms with Crippen molar-refractivity contribution < 1.29 is 9.18 Å². The first-order valence-electron chi connectivity index (χ1n) is 8.77. The molecule has 1 aromatic heterocycles. The fraction of sp³-hybridized carbons (Fsp3) is 0.300. The molecule has 0 radical (unpaired) electrons. The lowest BCUT2D eigenvalue weighted by Gasteiger charge is -2.34. The third-order valence-corrected chi connectivity index (χ3v) is 5.31. The zero-order chi connectivity index (χ0) is 18.3. The normalized spacial score (nSPS) is 20.4. The van der Waals surface area contributed by atoms with E-state index in [0.717, 1.165) is 31.6 Å². The van der Waals surface area contributed by atoms with Gasteiger partial charge in [-0.25, -0.2) is 9.07 Å². The molecule has 2 heterocycles. The van der Waals surface area contributed by atoms with Crippen LogP contribution in [0.5, 0.6) is 0 Å². The van der Waals surface area contributed by atoms with Crippen LogP contribution in [0.4, 0.5) is 4.39 Å². The fourth-order valence-corrected chi connectivity index (χ4v) is 3.72. The third kappa shape index (κ3) is 2.76. The Morgan fingerprint density at radius 1 is 1.27 bits per heavy atom. The minimum absolute atomic E-state index is 0.122. The monoisotopic (exact) mass is 352 g/mol. The molecule has 1 fully saturated rings. The minimum atomic E-state index is -0.617. The van der Waals surface area contributed by atoms with Crippen LogP contribution in [0, 0.1) is 5.82 Å². The van der Waals surface area contributed by atoms with Crippen LogP contribution in [-0.2, 0) is 5.41 Å². The van der Waals surface area contributed by atoms with Crippen molar-refractivity contribution >= 4 is 16.8 Å². The average Bonchev–Trinajstić information content (AvgIpc) is 3.09. The smallest absolute Gasteiger partial charge is 0.250 e. The summed E-state index contributed by atoms with van der Waals surface area (Å²) in [4.78, 5) is 11.6. The van der Waals surface area contributed by atoms with E-state index in [-0.39, 0.29) is 21.9 Å². The van der Waals surface area contributed by atoms with E-state index in [1.54, 1.807) is 10.9 Å². The number of halogens is 1. The lowest BCUT2D eigenvalue weighted by molar-refractivity contribution is 0.100. The summed E-state index contributed by atoms with van der Waals surface area (Å²) in [5, 5.41) is 8.13. The van der Waals surface area contributed by atoms with Gasteiger partial charge in [0.25, 0.3) is 5.91 Å². The van der Waals surface area contributed by atoms with E-state index in [4.69, 9.17) is 5.73 Å². The van der Waals surface area contributed by atoms with Crippen molar-refractivity contribution in [3.05, 3.63) is 59.5 Å². The molecule has 3 N–H and O–H groups in total. The van der Waals surface area contributed by atoms with E-state index in [1.165, 1.54) is 17.7 Å². The van der Waals surface area contributed by atoms with Crippen LogP contribution in [-0.4, -0.2) is 28.8 Å². The van der Waals surface area contributed by atoms with Crippen molar-refractivity contribution in [1.82, 2.24) is 15.1 Å². The van der Waals surface area contributed by atoms with E-state index in [0.29, 0.717) is 0 Å². The highest BCUT2D eigenvalue weighted by molar-refractivity contribution is 6.04. The zero-order valence-corrected chi connectivity index (χ0v) is 14.6. The second-order valence-corrected chi connectivity index (χ2v) is 7.18. The first-order chi connectivity index (χ1) is 12.5. The summed E-state index contributed by atoms with van der Waals surface area (Å²) in [7, 11) is 0. The maximum Gasteiger partial charge on any atom is 0.250 e. The molecular formula is C20H21FN4O. The van der Waals surface area contributed by atoms with Gasteiger partial charge in [0.05, 0.1) is 16.6 Å². The predicted octanol–water partition coefficient (Wildman–Crippen LogP) is 2.90. The van der Waals surface area contributed by atoms with Crippen LogP contribution in [0.2, 0.25) is 0 Å². The molecule has 6 heteroatoms. The Kier molecular flexibility index (Phi) is 4.00. The lowest BCUT2D eigenvalue weighted by atomic mass is 9.76. The second kappa shape index (κ2) is 6.21. The van der Waals surface area contributed by atoms with Gasteiger partial charge in [-0.1, -0.05) is 19.1 Å². The van der Waals surface area contributed by atoms with Gasteiger partial charge in [-0.15, -0.1) is 0 Å². The van der Waals surface area contributed by atoms with Crippen molar-refractivity contribution in [3.8, 4) is 5.69 Å². The Bertz CT molecular complexity index is 971. The Balaban J connectivity index is 1.73. The van der Waals surface area contributed by atoms with E-state index in [1.807, 2.05) is 12.1 Å². The molecule has 0 aliphatic carbocycles. The van der Waals surface area contributed by atoms with Gasteiger partial charge in [0.1, 0.15) is 11.3 Å². The molecule has 26 heavy (non-hydrogen) atoms. The van der Waals surface area contributed by atoms with Crippen LogP contribution in [0.15, 0.2) is 42.6 Å². The average molecular weight is 352 g/mol. The number of nitrogens with one attached hydrogen (secondary N) is 1. The standard InChI is InChI=1S/C20H21FN4O/c1-20(9-2-10-23-12-20)13-3-5-14(6-4-13)25-11-16-17(21)8-7-15(19(22)26)18(16)24-25/h3-8,11,23H,2,9-10,12H2,1H3,(H2,22,26)/t20-/m1/s1. The van der Waals surface area contributed by atoms with Gasteiger partial charge in [0, 0.05) is 18.2 Å². The lowest BCUT2D eigenvalue weighted by Crippen LogP contribution is -2.41. The van der Waals surface area contributed by atoms with Gasteiger partial charge in [-0.05, 0) is 49.2 Å². The molecule has 3 aromatic rings. The van der Waals surface area contributed by atoms with Crippen molar-refractivity contribution in [1.29, 1.82) is 0 Å². The first-order valence-corrected chi connectivity index (χ1v) is 8.77. The summed E-state index contributed by atoms with van der Waals surface area (Å²) >= 11 is 0. The van der Waals surface area contributed by atoms with Crippen molar-refractivity contribution in [3.63, 3.8) is 0 Å². The Labute approximate surface area is 151 Å². The van der Waals surface area contributed by atoms with Crippen LogP contribution in [0.1, 0.15) is 35.7 Å². The fourth-order valence-electron chi connectivity index (χ4n) is 3.72. The van der Waals surface area contributed by atoms with Crippen LogP contribution in [0.3, 0.4) is 0 Å². The van der Waals surface area contributed by atoms with Crippen molar-refractivity contribution in [2.75, 3.05) is 13.1 Å². The SMILES string of the molecule is C[C@@]1(c2ccc(-n3cc4c(F)ccc(C(N)=O)c4n3)cc2)CCCNC1. The largest absolute Gasteiger partial charge is 0.366 e. The number of rotatable bonds is 3. The summed E-state index contributed by atoms with van der Waals surface area (Å²) in [5.74, 6) is -1.04. The van der Waals surface area contributed by atoms with E-state index >= 15 is 0 Å². The number of carbonyl (C=O) groups is 1. The summed E-state index contributed by atoms with van der Waals surface area (Å²) in [6, 6.07) is 10.8. The molecule has 2 aromatic carbocycles. The van der Waals surface area contributed by atoms with Gasteiger partial charge in [0.15, 0.2) is 0 Å². The van der Waals surface area contributed by atoms with Crippen LogP contribution in [0.25, 0.3) is 16.6 Å². The molecule has 1 aliphatic rings. The number of piperidine rings is 1. The van der Waals surface area contributed by atoms with Gasteiger partial charge in [0.2, 0.25) is 0 Å². The number of fused-ring (bicyclic) bond motifs is 1. The van der Waals surface area contributed by atoms with E-state index in [9.17, 15) is 9.18 Å². The molecule has 0 saturated carbocycles. The van der Waals surface area contributed by atoms with Crippen LogP contribution < -0.4 is 11.1 Å². The van der Waals surface area contributed by atoms with Gasteiger partial charge < -0.3 is 11.1 Å². The highest BCUT2D eigenvalue weighted by Crippen LogP contribution is 2.31. The first kappa shape index (κ1) is 16.7. The molecule has 1 atom stereocenters. The molecule has 0 spiro atoms. The number of aromatic nitrogens is 2. The molecule has 1 aliphatic heterocycles. The molecule has 5 nitrogen and oxygen atoms in total. The van der Waals surface area contributed by atoms with Crippen molar-refractivity contribution in [2.24, 2.45) is 5.73 Å². The molecule has 0 bridgehead atoms. The summed E-state index contributed by atoms with van der Waals surface area (Å²) in [5.41, 5.74) is 8.09. The molecule has 1 amide bonds. The maximum absolute atomic E-state index is 14.1. The molecule has 4 rings (SSSR count). The number of nitrogens with zero attached hydrogens (tertiary/aromatic N) is 2.